The smallest absolute Gasteiger partial charge is 0.335 e. The maximum atomic E-state index is 10.9. The summed E-state index contributed by atoms with van der Waals surface area (Å²) in [6, 6.07) is 6.89. The molecule has 0 aliphatic heterocycles. The molecule has 0 spiro atoms. The fraction of sp³-hybridized carbons (Fsp3) is 0.462. The Hall–Kier alpha value is -1.43. The molecule has 0 saturated heterocycles. The lowest BCUT2D eigenvalue weighted by atomic mass is 10.1. The Labute approximate surface area is 106 Å². The third-order valence-corrected chi connectivity index (χ3v) is 2.37. The van der Waals surface area contributed by atoms with Crippen LogP contribution < -0.4 is 0 Å². The van der Waals surface area contributed by atoms with Gasteiger partial charge in [0.25, 0.3) is 0 Å². The average molecular weight is 254 g/mol. The molecular formula is C13H18O5. The zero-order valence-corrected chi connectivity index (χ0v) is 10.2. The van der Waals surface area contributed by atoms with Crippen LogP contribution in [0, 0.1) is 0 Å². The monoisotopic (exact) mass is 254 g/mol. The third-order valence-electron chi connectivity index (χ3n) is 2.37. The van der Waals surface area contributed by atoms with E-state index in [0.717, 1.165) is 5.56 Å². The van der Waals surface area contributed by atoms with Crippen molar-refractivity contribution in [2.45, 2.75) is 6.42 Å². The van der Waals surface area contributed by atoms with Crippen LogP contribution in [0.15, 0.2) is 24.3 Å². The van der Waals surface area contributed by atoms with Gasteiger partial charge in [-0.2, -0.15) is 0 Å². The summed E-state index contributed by atoms with van der Waals surface area (Å²) in [7, 11) is 0. The van der Waals surface area contributed by atoms with Gasteiger partial charge in [0, 0.05) is 0 Å². The van der Waals surface area contributed by atoms with Gasteiger partial charge in [-0.15, -0.1) is 0 Å². The number of carbonyl (C=O) groups is 1. The second kappa shape index (κ2) is 8.63. The van der Waals surface area contributed by atoms with Crippen molar-refractivity contribution in [3.63, 3.8) is 0 Å². The Balaban J connectivity index is 2.25. The van der Waals surface area contributed by atoms with Gasteiger partial charge in [0.15, 0.2) is 0 Å². The fourth-order valence-corrected chi connectivity index (χ4v) is 1.52. The van der Waals surface area contributed by atoms with Crippen LogP contribution in [0.5, 0.6) is 0 Å². The first-order chi connectivity index (χ1) is 8.75. The number of ether oxygens (including phenoxy) is 2. The third kappa shape index (κ3) is 5.27. The minimum Gasteiger partial charge on any atom is -0.478 e. The highest BCUT2D eigenvalue weighted by Crippen LogP contribution is 2.09. The summed E-state index contributed by atoms with van der Waals surface area (Å²) < 4.78 is 10.3. The molecular weight excluding hydrogens is 236 g/mol. The second-order valence-corrected chi connectivity index (χ2v) is 3.66. The summed E-state index contributed by atoms with van der Waals surface area (Å²) >= 11 is 0. The zero-order valence-electron chi connectivity index (χ0n) is 10.2. The van der Waals surface area contributed by atoms with E-state index >= 15 is 0 Å². The van der Waals surface area contributed by atoms with E-state index < -0.39 is 5.97 Å². The molecule has 1 aromatic rings. The van der Waals surface area contributed by atoms with E-state index in [9.17, 15) is 4.79 Å². The summed E-state index contributed by atoms with van der Waals surface area (Å²) in [4.78, 5) is 10.9. The number of carboxylic acid groups (broad SMARTS) is 1. The van der Waals surface area contributed by atoms with Gasteiger partial charge < -0.3 is 19.7 Å². The molecule has 5 heteroatoms. The normalized spacial score (nSPS) is 10.5. The molecule has 0 atom stereocenters. The Morgan fingerprint density at radius 2 is 1.72 bits per heavy atom. The standard InChI is InChI=1S/C13H18O5/c14-6-8-18-10-9-17-7-5-11-3-1-2-4-12(11)13(15)16/h1-4,14H,5-10H2,(H,15,16). The molecule has 2 N–H and O–H groups in total. The lowest BCUT2D eigenvalue weighted by Crippen LogP contribution is -2.10. The van der Waals surface area contributed by atoms with Crippen molar-refractivity contribution in [3.05, 3.63) is 35.4 Å². The number of carboxylic acids is 1. The number of hydrogen-bond acceptors (Lipinski definition) is 4. The van der Waals surface area contributed by atoms with Crippen molar-refractivity contribution in [1.82, 2.24) is 0 Å². The molecule has 1 rings (SSSR count). The predicted octanol–water partition coefficient (Wildman–Crippen LogP) is 0.953. The van der Waals surface area contributed by atoms with Crippen LogP contribution in [0.25, 0.3) is 0 Å². The number of aliphatic hydroxyl groups is 1. The Morgan fingerprint density at radius 3 is 2.39 bits per heavy atom. The van der Waals surface area contributed by atoms with Gasteiger partial charge >= 0.3 is 5.97 Å². The first-order valence-corrected chi connectivity index (χ1v) is 5.83. The van der Waals surface area contributed by atoms with E-state index in [1.54, 1.807) is 18.2 Å². The van der Waals surface area contributed by atoms with Crippen LogP contribution in [0.2, 0.25) is 0 Å². The van der Waals surface area contributed by atoms with Crippen molar-refractivity contribution in [1.29, 1.82) is 0 Å². The average Bonchev–Trinajstić information content (AvgIpc) is 2.38. The van der Waals surface area contributed by atoms with Crippen molar-refractivity contribution in [2.75, 3.05) is 33.0 Å². The summed E-state index contributed by atoms with van der Waals surface area (Å²) in [5, 5.41) is 17.5. The number of benzene rings is 1. The molecule has 0 saturated carbocycles. The van der Waals surface area contributed by atoms with E-state index in [-0.39, 0.29) is 6.61 Å². The largest absolute Gasteiger partial charge is 0.478 e. The van der Waals surface area contributed by atoms with Crippen LogP contribution in [0.1, 0.15) is 15.9 Å². The summed E-state index contributed by atoms with van der Waals surface area (Å²) in [6.07, 6.45) is 0.558. The fourth-order valence-electron chi connectivity index (χ4n) is 1.52. The lowest BCUT2D eigenvalue weighted by molar-refractivity contribution is 0.0339. The molecule has 5 nitrogen and oxygen atoms in total. The summed E-state index contributed by atoms with van der Waals surface area (Å²) in [6.45, 7) is 1.64. The molecule has 0 amide bonds. The van der Waals surface area contributed by atoms with E-state index in [1.807, 2.05) is 6.07 Å². The number of aromatic carboxylic acids is 1. The maximum Gasteiger partial charge on any atom is 0.335 e. The van der Waals surface area contributed by atoms with Crippen molar-refractivity contribution in [2.24, 2.45) is 0 Å². The van der Waals surface area contributed by atoms with Crippen LogP contribution in [0.4, 0.5) is 0 Å². The molecule has 0 fully saturated rings. The summed E-state index contributed by atoms with van der Waals surface area (Å²) in [5.41, 5.74) is 1.08. The van der Waals surface area contributed by atoms with Gasteiger partial charge in [0.05, 0.1) is 38.6 Å². The predicted molar refractivity (Wildman–Crippen MR) is 65.8 cm³/mol. The van der Waals surface area contributed by atoms with Crippen LogP contribution >= 0.6 is 0 Å². The van der Waals surface area contributed by atoms with Crippen LogP contribution in [-0.4, -0.2) is 49.2 Å². The Kier molecular flexibility index (Phi) is 7.01. The molecule has 0 heterocycles. The highest BCUT2D eigenvalue weighted by atomic mass is 16.5. The van der Waals surface area contributed by atoms with Crippen molar-refractivity contribution >= 4 is 5.97 Å². The van der Waals surface area contributed by atoms with Crippen molar-refractivity contribution in [3.8, 4) is 0 Å². The van der Waals surface area contributed by atoms with Gasteiger partial charge in [0.1, 0.15) is 0 Å². The minimum absolute atomic E-state index is 0.00594. The summed E-state index contributed by atoms with van der Waals surface area (Å²) in [5.74, 6) is -0.920. The first-order valence-electron chi connectivity index (χ1n) is 5.83. The second-order valence-electron chi connectivity index (χ2n) is 3.66. The minimum atomic E-state index is -0.920. The van der Waals surface area contributed by atoms with Crippen LogP contribution in [0.3, 0.4) is 0 Å². The highest BCUT2D eigenvalue weighted by Gasteiger charge is 2.08. The lowest BCUT2D eigenvalue weighted by Gasteiger charge is -2.07. The van der Waals surface area contributed by atoms with Gasteiger partial charge in [-0.25, -0.2) is 4.79 Å². The Bertz CT molecular complexity index is 364. The topological polar surface area (TPSA) is 76.0 Å². The number of aliphatic hydroxyl groups excluding tert-OH is 1. The van der Waals surface area contributed by atoms with Gasteiger partial charge in [-0.1, -0.05) is 18.2 Å². The number of hydrogen-bond donors (Lipinski definition) is 2. The quantitative estimate of drug-likeness (QED) is 0.642. The van der Waals surface area contributed by atoms with Gasteiger partial charge in [0.2, 0.25) is 0 Å². The molecule has 0 unspecified atom stereocenters. The molecule has 1 aromatic carbocycles. The van der Waals surface area contributed by atoms with Crippen molar-refractivity contribution < 1.29 is 24.5 Å². The number of rotatable bonds is 9. The molecule has 0 aliphatic carbocycles. The molecule has 0 radical (unpaired) electrons. The zero-order chi connectivity index (χ0) is 13.2. The first kappa shape index (κ1) is 14.6. The molecule has 0 bridgehead atoms. The Morgan fingerprint density at radius 1 is 1.06 bits per heavy atom. The molecule has 0 aromatic heterocycles. The van der Waals surface area contributed by atoms with Gasteiger partial charge in [-0.3, -0.25) is 0 Å². The van der Waals surface area contributed by atoms with E-state index in [2.05, 4.69) is 0 Å². The maximum absolute atomic E-state index is 10.9. The molecule has 100 valence electrons. The van der Waals surface area contributed by atoms with E-state index in [1.165, 1.54) is 0 Å². The van der Waals surface area contributed by atoms with Crippen LogP contribution in [-0.2, 0) is 15.9 Å². The van der Waals surface area contributed by atoms with E-state index in [4.69, 9.17) is 19.7 Å². The van der Waals surface area contributed by atoms with Gasteiger partial charge in [-0.05, 0) is 18.1 Å². The highest BCUT2D eigenvalue weighted by molar-refractivity contribution is 5.89. The SMILES string of the molecule is O=C(O)c1ccccc1CCOCCOCCO. The van der Waals surface area contributed by atoms with E-state index in [0.29, 0.717) is 38.4 Å². The molecule has 18 heavy (non-hydrogen) atoms. The molecule has 0 aliphatic rings.